The zero-order chi connectivity index (χ0) is 15.6. The minimum Gasteiger partial charge on any atom is -0.336 e. The number of piperazine rings is 1. The van der Waals surface area contributed by atoms with Crippen LogP contribution in [0.1, 0.15) is 22.8 Å². The van der Waals surface area contributed by atoms with Gasteiger partial charge in [-0.25, -0.2) is 4.39 Å². The van der Waals surface area contributed by atoms with Crippen LogP contribution in [0, 0.1) is 22.9 Å². The van der Waals surface area contributed by atoms with Gasteiger partial charge in [-0.05, 0) is 19.0 Å². The van der Waals surface area contributed by atoms with E-state index in [1.807, 2.05) is 6.92 Å². The lowest BCUT2D eigenvalue weighted by atomic mass is 10.1. The van der Waals surface area contributed by atoms with Gasteiger partial charge in [-0.2, -0.15) is 0 Å². The number of nitro groups is 1. The third-order valence-electron chi connectivity index (χ3n) is 3.79. The molecule has 0 atom stereocenters. The molecule has 7 heteroatoms. The minimum absolute atomic E-state index is 0.111. The van der Waals surface area contributed by atoms with Crippen LogP contribution in [-0.2, 0) is 0 Å². The number of halogens is 1. The number of hydrogen-bond acceptors (Lipinski definition) is 4. The van der Waals surface area contributed by atoms with Crippen LogP contribution in [0.4, 0.5) is 10.1 Å². The summed E-state index contributed by atoms with van der Waals surface area (Å²) in [5.41, 5.74) is -0.365. The van der Waals surface area contributed by atoms with Crippen LogP contribution in [0.5, 0.6) is 0 Å². The fourth-order valence-electron chi connectivity index (χ4n) is 2.45. The van der Waals surface area contributed by atoms with Crippen LogP contribution >= 0.6 is 0 Å². The minimum atomic E-state index is -0.677. The van der Waals surface area contributed by atoms with Crippen molar-refractivity contribution < 1.29 is 14.1 Å². The van der Waals surface area contributed by atoms with E-state index in [4.69, 9.17) is 0 Å². The summed E-state index contributed by atoms with van der Waals surface area (Å²) < 4.78 is 14.1. The van der Waals surface area contributed by atoms with Gasteiger partial charge in [0.1, 0.15) is 5.82 Å². The standard InChI is InChI=1S/C14H18FN3O3/c1-3-16-4-6-17(7-5-16)14(19)12-9-11(18(20)21)8-10(2)13(12)15/h8-9H,3-7H2,1-2H3. The molecule has 2 rings (SSSR count). The fourth-order valence-corrected chi connectivity index (χ4v) is 2.45. The van der Waals surface area contributed by atoms with E-state index < -0.39 is 16.6 Å². The molecule has 0 bridgehead atoms. The fraction of sp³-hybridized carbons (Fsp3) is 0.500. The SMILES string of the molecule is CCN1CCN(C(=O)c2cc([N+](=O)[O-])cc(C)c2F)CC1. The van der Waals surface area contributed by atoms with Gasteiger partial charge in [0.05, 0.1) is 10.5 Å². The molecule has 1 fully saturated rings. The van der Waals surface area contributed by atoms with Crippen molar-refractivity contribution in [1.29, 1.82) is 0 Å². The first kappa shape index (κ1) is 15.4. The molecule has 1 heterocycles. The molecule has 1 aromatic carbocycles. The number of nitrogens with zero attached hydrogens (tertiary/aromatic N) is 3. The molecule has 0 radical (unpaired) electrons. The molecule has 21 heavy (non-hydrogen) atoms. The van der Waals surface area contributed by atoms with Gasteiger partial charge in [-0.3, -0.25) is 14.9 Å². The number of likely N-dealkylation sites (N-methyl/N-ethyl adjacent to an activating group) is 1. The number of aryl methyl sites for hydroxylation is 1. The van der Waals surface area contributed by atoms with E-state index in [0.717, 1.165) is 31.8 Å². The summed E-state index contributed by atoms with van der Waals surface area (Å²) in [5, 5.41) is 10.8. The topological polar surface area (TPSA) is 66.7 Å². The molecule has 114 valence electrons. The summed E-state index contributed by atoms with van der Waals surface area (Å²) >= 11 is 0. The third kappa shape index (κ3) is 3.18. The molecular weight excluding hydrogens is 277 g/mol. The van der Waals surface area contributed by atoms with Crippen molar-refractivity contribution in [3.8, 4) is 0 Å². The number of amides is 1. The zero-order valence-corrected chi connectivity index (χ0v) is 12.1. The predicted molar refractivity (Wildman–Crippen MR) is 75.8 cm³/mol. The lowest BCUT2D eigenvalue weighted by molar-refractivity contribution is -0.385. The monoisotopic (exact) mass is 295 g/mol. The smallest absolute Gasteiger partial charge is 0.270 e. The van der Waals surface area contributed by atoms with Crippen molar-refractivity contribution in [2.45, 2.75) is 13.8 Å². The van der Waals surface area contributed by atoms with E-state index in [0.29, 0.717) is 13.1 Å². The lowest BCUT2D eigenvalue weighted by Gasteiger charge is -2.34. The number of non-ortho nitro benzene ring substituents is 1. The van der Waals surface area contributed by atoms with E-state index in [1.54, 1.807) is 4.90 Å². The molecule has 0 spiro atoms. The van der Waals surface area contributed by atoms with Gasteiger partial charge in [0.2, 0.25) is 0 Å². The van der Waals surface area contributed by atoms with E-state index in [9.17, 15) is 19.3 Å². The molecule has 1 aliphatic rings. The maximum atomic E-state index is 14.1. The van der Waals surface area contributed by atoms with E-state index in [2.05, 4.69) is 4.90 Å². The number of hydrogen-bond donors (Lipinski definition) is 0. The van der Waals surface area contributed by atoms with Gasteiger partial charge >= 0.3 is 0 Å². The molecule has 6 nitrogen and oxygen atoms in total. The summed E-state index contributed by atoms with van der Waals surface area (Å²) in [6.07, 6.45) is 0. The highest BCUT2D eigenvalue weighted by molar-refractivity contribution is 5.95. The number of benzene rings is 1. The Bertz CT molecular complexity index is 569. The van der Waals surface area contributed by atoms with E-state index in [1.165, 1.54) is 6.92 Å². The second-order valence-electron chi connectivity index (χ2n) is 5.11. The third-order valence-corrected chi connectivity index (χ3v) is 3.79. The molecule has 1 aliphatic heterocycles. The normalized spacial score (nSPS) is 16.0. The van der Waals surface area contributed by atoms with Crippen LogP contribution < -0.4 is 0 Å². The average Bonchev–Trinajstić information content (AvgIpc) is 2.49. The van der Waals surface area contributed by atoms with Crippen LogP contribution in [0.2, 0.25) is 0 Å². The Morgan fingerprint density at radius 2 is 1.95 bits per heavy atom. The van der Waals surface area contributed by atoms with Gasteiger partial charge in [0, 0.05) is 38.3 Å². The van der Waals surface area contributed by atoms with Crippen LogP contribution in [0.3, 0.4) is 0 Å². The number of rotatable bonds is 3. The molecule has 0 unspecified atom stereocenters. The summed E-state index contributed by atoms with van der Waals surface area (Å²) in [7, 11) is 0. The molecule has 0 aliphatic carbocycles. The summed E-state index contributed by atoms with van der Waals surface area (Å²) in [5.74, 6) is -1.15. The maximum Gasteiger partial charge on any atom is 0.270 e. The Kier molecular flexibility index (Phi) is 4.52. The van der Waals surface area contributed by atoms with Crippen molar-refractivity contribution in [2.24, 2.45) is 0 Å². The highest BCUT2D eigenvalue weighted by atomic mass is 19.1. The highest BCUT2D eigenvalue weighted by Crippen LogP contribution is 2.22. The Morgan fingerprint density at radius 1 is 1.33 bits per heavy atom. The first-order chi connectivity index (χ1) is 9.93. The summed E-state index contributed by atoms with van der Waals surface area (Å²) in [6, 6.07) is 2.16. The van der Waals surface area contributed by atoms with E-state index in [-0.39, 0.29) is 16.8 Å². The number of nitro benzene ring substituents is 1. The summed E-state index contributed by atoms with van der Waals surface area (Å²) in [6.45, 7) is 6.86. The molecular formula is C14H18FN3O3. The van der Waals surface area contributed by atoms with Crippen molar-refractivity contribution >= 4 is 11.6 Å². The molecule has 1 aromatic rings. The molecule has 0 saturated carbocycles. The Labute approximate surface area is 122 Å². The van der Waals surface area contributed by atoms with Crippen LogP contribution in [-0.4, -0.2) is 53.4 Å². The quantitative estimate of drug-likeness (QED) is 0.630. The van der Waals surface area contributed by atoms with Gasteiger partial charge in [0.15, 0.2) is 0 Å². The zero-order valence-electron chi connectivity index (χ0n) is 12.1. The highest BCUT2D eigenvalue weighted by Gasteiger charge is 2.26. The van der Waals surface area contributed by atoms with Gasteiger partial charge in [-0.15, -0.1) is 0 Å². The Morgan fingerprint density at radius 3 is 2.48 bits per heavy atom. The van der Waals surface area contributed by atoms with Gasteiger partial charge < -0.3 is 9.80 Å². The summed E-state index contributed by atoms with van der Waals surface area (Å²) in [4.78, 5) is 26.4. The first-order valence-corrected chi connectivity index (χ1v) is 6.90. The molecule has 0 aromatic heterocycles. The second-order valence-corrected chi connectivity index (χ2v) is 5.11. The van der Waals surface area contributed by atoms with Gasteiger partial charge in [0.25, 0.3) is 11.6 Å². The number of carbonyl (C=O) groups is 1. The Hall–Kier alpha value is -2.02. The molecule has 0 N–H and O–H groups in total. The van der Waals surface area contributed by atoms with Crippen molar-refractivity contribution in [3.63, 3.8) is 0 Å². The van der Waals surface area contributed by atoms with Crippen molar-refractivity contribution in [3.05, 3.63) is 39.2 Å². The first-order valence-electron chi connectivity index (χ1n) is 6.90. The van der Waals surface area contributed by atoms with Crippen LogP contribution in [0.25, 0.3) is 0 Å². The molecule has 1 saturated heterocycles. The number of carbonyl (C=O) groups excluding carboxylic acids is 1. The lowest BCUT2D eigenvalue weighted by Crippen LogP contribution is -2.48. The second kappa shape index (κ2) is 6.17. The largest absolute Gasteiger partial charge is 0.336 e. The van der Waals surface area contributed by atoms with E-state index >= 15 is 0 Å². The predicted octanol–water partition coefficient (Wildman–Crippen LogP) is 1.82. The Balaban J connectivity index is 2.25. The van der Waals surface area contributed by atoms with Gasteiger partial charge in [-0.1, -0.05) is 6.92 Å². The molecule has 1 amide bonds. The van der Waals surface area contributed by atoms with Crippen LogP contribution in [0.15, 0.2) is 12.1 Å². The van der Waals surface area contributed by atoms with Crippen molar-refractivity contribution in [1.82, 2.24) is 9.80 Å². The average molecular weight is 295 g/mol. The maximum absolute atomic E-state index is 14.1. The van der Waals surface area contributed by atoms with Crippen molar-refractivity contribution in [2.75, 3.05) is 32.7 Å².